The smallest absolute Gasteiger partial charge is 0.277 e. The second kappa shape index (κ2) is 7.42. The van der Waals surface area contributed by atoms with Crippen molar-refractivity contribution in [2.75, 3.05) is 5.32 Å². The summed E-state index contributed by atoms with van der Waals surface area (Å²) in [7, 11) is 0. The van der Waals surface area contributed by atoms with Crippen LogP contribution in [0, 0.1) is 0 Å². The van der Waals surface area contributed by atoms with Crippen LogP contribution in [-0.4, -0.2) is 26.1 Å². The van der Waals surface area contributed by atoms with Gasteiger partial charge in [0.25, 0.3) is 11.5 Å². The van der Waals surface area contributed by atoms with E-state index in [1.54, 1.807) is 35.6 Å². The Hall–Kier alpha value is -3.78. The van der Waals surface area contributed by atoms with E-state index in [1.165, 1.54) is 10.4 Å². The third-order valence-electron chi connectivity index (χ3n) is 5.94. The van der Waals surface area contributed by atoms with Crippen LogP contribution in [0.1, 0.15) is 33.8 Å². The molecule has 0 radical (unpaired) electrons. The number of hydrogen-bond donors (Lipinski definition) is 3. The van der Waals surface area contributed by atoms with Gasteiger partial charge < -0.3 is 10.3 Å². The lowest BCUT2D eigenvalue weighted by Crippen LogP contribution is -2.19. The molecular formula is C24H19N5O2S. The van der Waals surface area contributed by atoms with Gasteiger partial charge in [-0.1, -0.05) is 30.3 Å². The van der Waals surface area contributed by atoms with Crippen LogP contribution in [-0.2, 0) is 12.8 Å². The number of H-pyrrole nitrogens is 2. The maximum atomic E-state index is 13.3. The maximum Gasteiger partial charge on any atom is 0.277 e. The van der Waals surface area contributed by atoms with E-state index in [0.717, 1.165) is 53.1 Å². The molecule has 3 heterocycles. The Kier molecular flexibility index (Phi) is 4.39. The SMILES string of the molecule is O=C(Nc1sc2c(c1-c1nc3ccccc3[nH]1)CCCC2)c1n[nH]c(=O)c2ccccc12. The van der Waals surface area contributed by atoms with Crippen molar-refractivity contribution >= 4 is 44.1 Å². The fourth-order valence-corrected chi connectivity index (χ4v) is 5.71. The Bertz CT molecular complexity index is 1530. The molecular weight excluding hydrogens is 422 g/mol. The number of carbonyl (C=O) groups excluding carboxylic acids is 1. The molecule has 2 aromatic carbocycles. The Morgan fingerprint density at radius 3 is 2.66 bits per heavy atom. The molecule has 5 aromatic rings. The average Bonchev–Trinajstić information content (AvgIpc) is 3.40. The molecule has 1 amide bonds. The predicted octanol–water partition coefficient (Wildman–Crippen LogP) is 4.66. The van der Waals surface area contributed by atoms with Gasteiger partial charge in [-0.3, -0.25) is 9.59 Å². The van der Waals surface area contributed by atoms with Crippen molar-refractivity contribution in [1.82, 2.24) is 20.2 Å². The largest absolute Gasteiger partial charge is 0.338 e. The number of nitrogens with one attached hydrogen (secondary N) is 3. The van der Waals surface area contributed by atoms with Crippen LogP contribution in [0.25, 0.3) is 33.2 Å². The number of aryl methyl sites for hydroxylation is 1. The molecule has 7 nitrogen and oxygen atoms in total. The minimum absolute atomic E-state index is 0.196. The molecule has 32 heavy (non-hydrogen) atoms. The number of carbonyl (C=O) groups is 1. The maximum absolute atomic E-state index is 13.3. The lowest BCUT2D eigenvalue weighted by molar-refractivity contribution is 0.102. The first-order valence-corrected chi connectivity index (χ1v) is 11.4. The molecule has 0 aliphatic heterocycles. The summed E-state index contributed by atoms with van der Waals surface area (Å²) in [6.07, 6.45) is 4.24. The fourth-order valence-electron chi connectivity index (χ4n) is 4.43. The molecule has 8 heteroatoms. The van der Waals surface area contributed by atoms with Crippen molar-refractivity contribution in [2.24, 2.45) is 0 Å². The van der Waals surface area contributed by atoms with E-state index in [9.17, 15) is 9.59 Å². The van der Waals surface area contributed by atoms with Crippen LogP contribution in [0.4, 0.5) is 5.00 Å². The third kappa shape index (κ3) is 3.03. The van der Waals surface area contributed by atoms with E-state index in [-0.39, 0.29) is 17.2 Å². The fraction of sp³-hybridized carbons (Fsp3) is 0.167. The summed E-state index contributed by atoms with van der Waals surface area (Å²) in [4.78, 5) is 34.9. The number of benzene rings is 2. The van der Waals surface area contributed by atoms with Gasteiger partial charge in [0, 0.05) is 10.3 Å². The third-order valence-corrected chi connectivity index (χ3v) is 7.14. The Balaban J connectivity index is 1.47. The van der Waals surface area contributed by atoms with E-state index < -0.39 is 0 Å². The molecule has 3 aromatic heterocycles. The molecule has 158 valence electrons. The second-order valence-electron chi connectivity index (χ2n) is 7.92. The summed E-state index contributed by atoms with van der Waals surface area (Å²) in [5, 5.41) is 11.3. The summed E-state index contributed by atoms with van der Waals surface area (Å²) in [6, 6.07) is 14.9. The van der Waals surface area contributed by atoms with Crippen molar-refractivity contribution in [3.8, 4) is 11.4 Å². The van der Waals surface area contributed by atoms with Gasteiger partial charge in [-0.15, -0.1) is 11.3 Å². The van der Waals surface area contributed by atoms with Crippen LogP contribution in [0.3, 0.4) is 0 Å². The summed E-state index contributed by atoms with van der Waals surface area (Å²) < 4.78 is 0. The number of aromatic nitrogens is 4. The van der Waals surface area contributed by atoms with Crippen LogP contribution in [0.5, 0.6) is 0 Å². The van der Waals surface area contributed by atoms with E-state index in [0.29, 0.717) is 10.8 Å². The number of anilines is 1. The molecule has 6 rings (SSSR count). The monoisotopic (exact) mass is 441 g/mol. The number of fused-ring (bicyclic) bond motifs is 3. The highest BCUT2D eigenvalue weighted by Crippen LogP contribution is 2.43. The number of nitrogens with zero attached hydrogens (tertiary/aromatic N) is 2. The van der Waals surface area contributed by atoms with Crippen LogP contribution in [0.2, 0.25) is 0 Å². The Labute approximate surface area is 186 Å². The molecule has 1 aliphatic rings. The number of para-hydroxylation sites is 2. The van der Waals surface area contributed by atoms with Crippen molar-refractivity contribution in [3.63, 3.8) is 0 Å². The van der Waals surface area contributed by atoms with Crippen LogP contribution >= 0.6 is 11.3 Å². The zero-order chi connectivity index (χ0) is 21.7. The van der Waals surface area contributed by atoms with Gasteiger partial charge in [0.1, 0.15) is 10.8 Å². The van der Waals surface area contributed by atoms with Crippen molar-refractivity contribution in [1.29, 1.82) is 0 Å². The summed E-state index contributed by atoms with van der Waals surface area (Å²) >= 11 is 1.61. The molecule has 1 aliphatic carbocycles. The number of amides is 1. The molecule has 0 saturated carbocycles. The Morgan fingerprint density at radius 1 is 1.00 bits per heavy atom. The van der Waals surface area contributed by atoms with Gasteiger partial charge >= 0.3 is 0 Å². The summed E-state index contributed by atoms with van der Waals surface area (Å²) in [5.74, 6) is 0.411. The summed E-state index contributed by atoms with van der Waals surface area (Å²) in [6.45, 7) is 0. The molecule has 0 atom stereocenters. The van der Waals surface area contributed by atoms with E-state index >= 15 is 0 Å². The van der Waals surface area contributed by atoms with Crippen LogP contribution < -0.4 is 10.9 Å². The summed E-state index contributed by atoms with van der Waals surface area (Å²) in [5.41, 5.74) is 3.96. The van der Waals surface area contributed by atoms with Gasteiger partial charge in [0.15, 0.2) is 5.69 Å². The highest BCUT2D eigenvalue weighted by Gasteiger charge is 2.26. The second-order valence-corrected chi connectivity index (χ2v) is 9.02. The van der Waals surface area contributed by atoms with Crippen molar-refractivity contribution < 1.29 is 4.79 Å². The molecule has 0 bridgehead atoms. The Morgan fingerprint density at radius 2 is 1.78 bits per heavy atom. The predicted molar refractivity (Wildman–Crippen MR) is 126 cm³/mol. The molecule has 0 fully saturated rings. The standard InChI is InChI=1S/C24H19N5O2S/c30-22-14-8-2-1-7-13(14)20(28-29-22)23(31)27-24-19(15-9-3-6-12-18(15)32-24)21-25-16-10-4-5-11-17(16)26-21/h1-2,4-5,7-8,10-11H,3,6,9,12H2,(H,25,26)(H,27,31)(H,29,30). The van der Waals surface area contributed by atoms with E-state index in [4.69, 9.17) is 4.98 Å². The number of hydrogen-bond acceptors (Lipinski definition) is 5. The first kappa shape index (κ1) is 18.9. The van der Waals surface area contributed by atoms with Crippen molar-refractivity contribution in [3.05, 3.63) is 75.0 Å². The molecule has 0 saturated heterocycles. The quantitative estimate of drug-likeness (QED) is 0.379. The molecule has 0 unspecified atom stereocenters. The highest BCUT2D eigenvalue weighted by atomic mass is 32.1. The zero-order valence-corrected chi connectivity index (χ0v) is 17.9. The lowest BCUT2D eigenvalue weighted by Gasteiger charge is -2.12. The van der Waals surface area contributed by atoms with Gasteiger partial charge in [0.05, 0.1) is 22.0 Å². The molecule has 0 spiro atoms. The van der Waals surface area contributed by atoms with E-state index in [1.807, 2.05) is 24.3 Å². The zero-order valence-electron chi connectivity index (χ0n) is 17.1. The van der Waals surface area contributed by atoms with Crippen LogP contribution in [0.15, 0.2) is 53.3 Å². The minimum Gasteiger partial charge on any atom is -0.338 e. The first-order chi connectivity index (χ1) is 15.7. The van der Waals surface area contributed by atoms with Gasteiger partial charge in [0.2, 0.25) is 0 Å². The topological polar surface area (TPSA) is 104 Å². The number of thiophene rings is 1. The van der Waals surface area contributed by atoms with E-state index in [2.05, 4.69) is 20.5 Å². The van der Waals surface area contributed by atoms with Gasteiger partial charge in [-0.2, -0.15) is 5.10 Å². The van der Waals surface area contributed by atoms with Gasteiger partial charge in [-0.05, 0) is 49.4 Å². The van der Waals surface area contributed by atoms with Gasteiger partial charge in [-0.25, -0.2) is 10.1 Å². The highest BCUT2D eigenvalue weighted by molar-refractivity contribution is 7.17. The lowest BCUT2D eigenvalue weighted by atomic mass is 9.95. The average molecular weight is 442 g/mol. The minimum atomic E-state index is -0.353. The normalized spacial score (nSPS) is 13.4. The number of imidazole rings is 1. The number of aromatic amines is 2. The molecule has 3 N–H and O–H groups in total. The first-order valence-electron chi connectivity index (χ1n) is 10.6. The van der Waals surface area contributed by atoms with Crippen molar-refractivity contribution in [2.45, 2.75) is 25.7 Å². The number of rotatable bonds is 3.